The lowest BCUT2D eigenvalue weighted by Crippen LogP contribution is -2.36. The van der Waals surface area contributed by atoms with E-state index in [1.807, 2.05) is 72.8 Å². The van der Waals surface area contributed by atoms with Gasteiger partial charge in [-0.25, -0.2) is 9.98 Å². The topological polar surface area (TPSA) is 76.2 Å². The standard InChI is InChI=1S/C45H27N3O3/c1-2-9-26(10-3-1)43-46-44(29-19-22-39-34(25-29)31-12-5-7-15-37(31)50-39)48-45(47-43)32-13-8-16-41-42(32)35-24-28(18-21-40(35)51-41)27-17-20-38-33(23-27)30-11-4-6-14-36(30)49-38/h1-25,45H,(H,46,47,48). The summed E-state index contributed by atoms with van der Waals surface area (Å²) in [7, 11) is 0. The molecule has 0 radical (unpaired) electrons. The number of furan rings is 3. The van der Waals surface area contributed by atoms with E-state index in [-0.39, 0.29) is 0 Å². The van der Waals surface area contributed by atoms with Gasteiger partial charge in [-0.05, 0) is 71.8 Å². The van der Waals surface area contributed by atoms with Gasteiger partial charge in [0.25, 0.3) is 0 Å². The maximum Gasteiger partial charge on any atom is 0.170 e. The molecule has 51 heavy (non-hydrogen) atoms. The molecule has 0 saturated heterocycles. The maximum absolute atomic E-state index is 6.46. The highest BCUT2D eigenvalue weighted by Crippen LogP contribution is 2.40. The highest BCUT2D eigenvalue weighted by atomic mass is 16.3. The first-order valence-corrected chi connectivity index (χ1v) is 17.0. The molecule has 0 bridgehead atoms. The zero-order valence-electron chi connectivity index (χ0n) is 27.1. The van der Waals surface area contributed by atoms with Crippen molar-refractivity contribution in [2.24, 2.45) is 9.98 Å². The van der Waals surface area contributed by atoms with Crippen molar-refractivity contribution >= 4 is 77.5 Å². The molecule has 11 rings (SSSR count). The highest BCUT2D eigenvalue weighted by molar-refractivity contribution is 6.18. The van der Waals surface area contributed by atoms with Gasteiger partial charge in [-0.15, -0.1) is 0 Å². The Morgan fingerprint density at radius 2 is 0.863 bits per heavy atom. The zero-order valence-corrected chi connectivity index (χ0v) is 27.1. The first-order valence-electron chi connectivity index (χ1n) is 17.0. The van der Waals surface area contributed by atoms with E-state index >= 15 is 0 Å². The van der Waals surface area contributed by atoms with Gasteiger partial charge < -0.3 is 18.6 Å². The van der Waals surface area contributed by atoms with Crippen LogP contribution >= 0.6 is 0 Å². The third-order valence-electron chi connectivity index (χ3n) is 9.95. The summed E-state index contributed by atoms with van der Waals surface area (Å²) in [5.41, 5.74) is 10.2. The van der Waals surface area contributed by atoms with E-state index in [1.54, 1.807) is 0 Å². The Kier molecular flexibility index (Phi) is 5.92. The fourth-order valence-electron chi connectivity index (χ4n) is 7.51. The number of nitrogens with one attached hydrogen (secondary N) is 1. The van der Waals surface area contributed by atoms with Crippen LogP contribution in [0.15, 0.2) is 175 Å². The SMILES string of the molecule is c1ccc(C2=NC(c3cccc4oc5ccc(-c6ccc7oc8ccccc8c7c6)cc5c34)N=C(c3ccc4oc5ccccc5c4c3)N2)cc1. The quantitative estimate of drug-likeness (QED) is 0.204. The zero-order chi connectivity index (χ0) is 33.5. The molecule has 1 aliphatic rings. The van der Waals surface area contributed by atoms with Gasteiger partial charge in [0, 0.05) is 49.0 Å². The molecule has 0 saturated carbocycles. The molecule has 0 amide bonds. The average Bonchev–Trinajstić information content (AvgIpc) is 3.88. The molecule has 1 aliphatic heterocycles. The fraction of sp³-hybridized carbons (Fsp3) is 0.0222. The minimum Gasteiger partial charge on any atom is -0.456 e. The summed E-state index contributed by atoms with van der Waals surface area (Å²) in [6.45, 7) is 0. The Morgan fingerprint density at radius 1 is 0.373 bits per heavy atom. The van der Waals surface area contributed by atoms with E-state index in [4.69, 9.17) is 23.2 Å². The molecule has 4 heterocycles. The van der Waals surface area contributed by atoms with Gasteiger partial charge in [-0.2, -0.15) is 0 Å². The number of para-hydroxylation sites is 2. The minimum absolute atomic E-state index is 0.518. The van der Waals surface area contributed by atoms with Gasteiger partial charge in [0.2, 0.25) is 0 Å². The van der Waals surface area contributed by atoms with E-state index in [0.717, 1.165) is 105 Å². The maximum atomic E-state index is 6.46. The second-order valence-corrected chi connectivity index (χ2v) is 13.0. The Bertz CT molecular complexity index is 3070. The molecule has 0 spiro atoms. The van der Waals surface area contributed by atoms with Gasteiger partial charge in [0.1, 0.15) is 45.2 Å². The number of rotatable bonds is 4. The third-order valence-corrected chi connectivity index (χ3v) is 9.95. The van der Waals surface area contributed by atoms with Crippen LogP contribution < -0.4 is 5.32 Å². The lowest BCUT2D eigenvalue weighted by molar-refractivity contribution is 0.667. The van der Waals surface area contributed by atoms with Crippen molar-refractivity contribution in [3.8, 4) is 11.1 Å². The summed E-state index contributed by atoms with van der Waals surface area (Å²) in [4.78, 5) is 10.5. The Labute approximate surface area is 291 Å². The molecule has 1 unspecified atom stereocenters. The molecule has 0 fully saturated rings. The van der Waals surface area contributed by atoms with Crippen LogP contribution in [0.2, 0.25) is 0 Å². The second-order valence-electron chi connectivity index (χ2n) is 13.0. The molecule has 7 aromatic carbocycles. The molecule has 1 N–H and O–H groups in total. The van der Waals surface area contributed by atoms with Gasteiger partial charge in [0.05, 0.1) is 0 Å². The summed E-state index contributed by atoms with van der Waals surface area (Å²) >= 11 is 0. The Balaban J connectivity index is 1.08. The van der Waals surface area contributed by atoms with Crippen molar-refractivity contribution < 1.29 is 13.3 Å². The molecule has 10 aromatic rings. The van der Waals surface area contributed by atoms with E-state index in [9.17, 15) is 0 Å². The van der Waals surface area contributed by atoms with Crippen molar-refractivity contribution in [2.75, 3.05) is 0 Å². The van der Waals surface area contributed by atoms with E-state index < -0.39 is 6.17 Å². The summed E-state index contributed by atoms with van der Waals surface area (Å²) in [5.74, 6) is 1.50. The van der Waals surface area contributed by atoms with Crippen LogP contribution in [0.5, 0.6) is 0 Å². The predicted molar refractivity (Wildman–Crippen MR) is 206 cm³/mol. The lowest BCUT2D eigenvalue weighted by atomic mass is 9.98. The van der Waals surface area contributed by atoms with Crippen LogP contribution in [0, 0.1) is 0 Å². The van der Waals surface area contributed by atoms with Crippen LogP contribution in [0.3, 0.4) is 0 Å². The Hall–Kier alpha value is -6.92. The van der Waals surface area contributed by atoms with Crippen LogP contribution in [0.25, 0.3) is 76.9 Å². The summed E-state index contributed by atoms with van der Waals surface area (Å²) in [6, 6.07) is 51.7. The van der Waals surface area contributed by atoms with Crippen molar-refractivity contribution in [1.82, 2.24) is 5.32 Å². The molecule has 0 aliphatic carbocycles. The number of amidine groups is 2. The van der Waals surface area contributed by atoms with Gasteiger partial charge in [0.15, 0.2) is 6.17 Å². The van der Waals surface area contributed by atoms with E-state index in [1.165, 1.54) is 0 Å². The number of nitrogens with zero attached hydrogens (tertiary/aromatic N) is 2. The monoisotopic (exact) mass is 657 g/mol. The third kappa shape index (κ3) is 4.43. The Morgan fingerprint density at radius 3 is 1.55 bits per heavy atom. The average molecular weight is 658 g/mol. The largest absolute Gasteiger partial charge is 0.456 e. The lowest BCUT2D eigenvalue weighted by Gasteiger charge is -2.23. The number of hydrogen-bond acceptors (Lipinski definition) is 6. The van der Waals surface area contributed by atoms with Crippen LogP contribution in [0.1, 0.15) is 22.9 Å². The molecule has 6 heteroatoms. The van der Waals surface area contributed by atoms with Crippen molar-refractivity contribution in [2.45, 2.75) is 6.17 Å². The number of aliphatic imine (C=N–C) groups is 2. The number of benzene rings is 7. The molecular weight excluding hydrogens is 631 g/mol. The van der Waals surface area contributed by atoms with Crippen LogP contribution in [0.4, 0.5) is 0 Å². The van der Waals surface area contributed by atoms with E-state index in [0.29, 0.717) is 0 Å². The van der Waals surface area contributed by atoms with Crippen LogP contribution in [-0.4, -0.2) is 11.7 Å². The first-order chi connectivity index (χ1) is 25.2. The second kappa shape index (κ2) is 10.8. The van der Waals surface area contributed by atoms with E-state index in [2.05, 4.69) is 84.2 Å². The summed E-state index contributed by atoms with van der Waals surface area (Å²) < 4.78 is 18.7. The molecule has 3 aromatic heterocycles. The molecular formula is C45H27N3O3. The normalized spacial score (nSPS) is 14.9. The summed E-state index contributed by atoms with van der Waals surface area (Å²) in [5, 5.41) is 9.92. The number of hydrogen-bond donors (Lipinski definition) is 1. The fourth-order valence-corrected chi connectivity index (χ4v) is 7.51. The smallest absolute Gasteiger partial charge is 0.170 e. The highest BCUT2D eigenvalue weighted by Gasteiger charge is 2.25. The summed E-state index contributed by atoms with van der Waals surface area (Å²) in [6.07, 6.45) is -0.518. The predicted octanol–water partition coefficient (Wildman–Crippen LogP) is 11.5. The van der Waals surface area contributed by atoms with Gasteiger partial charge in [-0.3, -0.25) is 0 Å². The van der Waals surface area contributed by atoms with Crippen molar-refractivity contribution in [3.05, 3.63) is 168 Å². The minimum atomic E-state index is -0.518. The van der Waals surface area contributed by atoms with Crippen molar-refractivity contribution in [3.63, 3.8) is 0 Å². The van der Waals surface area contributed by atoms with Gasteiger partial charge in [-0.1, -0.05) is 91.0 Å². The molecule has 240 valence electrons. The molecule has 1 atom stereocenters. The van der Waals surface area contributed by atoms with Crippen molar-refractivity contribution in [1.29, 1.82) is 0 Å². The van der Waals surface area contributed by atoms with Gasteiger partial charge >= 0.3 is 0 Å². The first kappa shape index (κ1) is 28.0. The molecule has 6 nitrogen and oxygen atoms in total. The van der Waals surface area contributed by atoms with Crippen LogP contribution in [-0.2, 0) is 0 Å². The number of fused-ring (bicyclic) bond motifs is 9.